The van der Waals surface area contributed by atoms with Crippen LogP contribution in [0, 0.1) is 5.92 Å². The van der Waals surface area contributed by atoms with Gasteiger partial charge in [-0.25, -0.2) is 9.13 Å². The monoisotopic (exact) mass is 1280 g/mol. The molecule has 3 N–H and O–H groups in total. The molecule has 0 radical (unpaired) electrons. The molecule has 0 aliphatic rings. The quantitative estimate of drug-likeness (QED) is 0.0222. The van der Waals surface area contributed by atoms with Gasteiger partial charge in [-0.2, -0.15) is 0 Å². The van der Waals surface area contributed by atoms with Crippen LogP contribution in [0.3, 0.4) is 0 Å². The van der Waals surface area contributed by atoms with Crippen molar-refractivity contribution < 1.29 is 80.2 Å². The van der Waals surface area contributed by atoms with Crippen LogP contribution in [0.15, 0.2) is 0 Å². The highest BCUT2D eigenvalue weighted by molar-refractivity contribution is 7.47. The summed E-state index contributed by atoms with van der Waals surface area (Å²) in [4.78, 5) is 72.1. The molecule has 0 aromatic heterocycles. The second-order valence-corrected chi connectivity index (χ2v) is 27.9. The summed E-state index contributed by atoms with van der Waals surface area (Å²) in [6.07, 6.45) is 47.7. The molecule has 0 heterocycles. The van der Waals surface area contributed by atoms with Gasteiger partial charge in [0.1, 0.15) is 19.3 Å². The lowest BCUT2D eigenvalue weighted by atomic mass is 10.0. The van der Waals surface area contributed by atoms with Crippen LogP contribution >= 0.6 is 15.6 Å². The summed E-state index contributed by atoms with van der Waals surface area (Å²) in [6, 6.07) is 0. The third kappa shape index (κ3) is 62.6. The molecule has 0 aromatic carbocycles. The van der Waals surface area contributed by atoms with Crippen LogP contribution in [0.5, 0.6) is 0 Å². The molecule has 516 valence electrons. The Balaban J connectivity index is 5.15. The Hall–Kier alpha value is -1.94. The first kappa shape index (κ1) is 85.1. The molecule has 0 amide bonds. The van der Waals surface area contributed by atoms with Gasteiger partial charge in [0.2, 0.25) is 0 Å². The lowest BCUT2D eigenvalue weighted by Gasteiger charge is -2.21. The van der Waals surface area contributed by atoms with E-state index in [1.807, 2.05) is 0 Å². The topological polar surface area (TPSA) is 237 Å². The summed E-state index contributed by atoms with van der Waals surface area (Å²) >= 11 is 0. The van der Waals surface area contributed by atoms with Crippen molar-refractivity contribution in [2.24, 2.45) is 5.92 Å². The molecule has 0 bridgehead atoms. The van der Waals surface area contributed by atoms with Gasteiger partial charge in [-0.3, -0.25) is 37.3 Å². The molecule has 0 aliphatic heterocycles. The van der Waals surface area contributed by atoms with E-state index >= 15 is 0 Å². The molecule has 0 saturated carbocycles. The molecule has 0 saturated heterocycles. The number of hydrogen-bond acceptors (Lipinski definition) is 15. The van der Waals surface area contributed by atoms with Crippen LogP contribution < -0.4 is 0 Å². The maximum absolute atomic E-state index is 13.0. The highest BCUT2D eigenvalue weighted by Gasteiger charge is 2.30. The van der Waals surface area contributed by atoms with Gasteiger partial charge in [-0.05, 0) is 31.6 Å². The number of ether oxygens (including phenoxy) is 4. The molecule has 5 atom stereocenters. The molecule has 0 aromatic rings. The fourth-order valence-electron chi connectivity index (χ4n) is 10.3. The predicted molar refractivity (Wildman–Crippen MR) is 349 cm³/mol. The van der Waals surface area contributed by atoms with Gasteiger partial charge in [0.15, 0.2) is 12.2 Å². The number of rotatable bonds is 68. The number of carbonyl (C=O) groups excluding carboxylic acids is 4. The summed E-state index contributed by atoms with van der Waals surface area (Å²) in [5.41, 5.74) is 0. The van der Waals surface area contributed by atoms with E-state index in [1.165, 1.54) is 167 Å². The van der Waals surface area contributed by atoms with Crippen LogP contribution in [0.4, 0.5) is 0 Å². The Morgan fingerprint density at radius 3 is 0.782 bits per heavy atom. The standard InChI is InChI=1S/C68H132O17P2/c1-6-9-12-15-17-19-21-23-25-26-28-30-32-34-38-43-48-53-67(72)85-64(58-79-66(71)52-47-42-37-33-31-29-27-24-22-20-18-16-13-10-7-2)60-83-87(76,77)81-56-62(69)55-80-86(74,75)82-59-63(57-78-65(70)51-46-40-14-11-8-3)84-68(73)54-49-44-39-35-36-41-45-50-61(4)5/h61-64,69H,6-60H2,1-5H3,(H,74,75)(H,76,77)/t62-,63+,64+/m0/s1. The SMILES string of the molecule is CCCCCCCCCCCCCCCCCCCC(=O)O[C@H](COC(=O)CCCCCCCCCCCCCCCCC)COP(=O)(O)OC[C@@H](O)COP(=O)(O)OC[C@@H](COC(=O)CCCCCCC)OC(=O)CCCCCCCCCC(C)C. The third-order valence-electron chi connectivity index (χ3n) is 15.8. The molecule has 17 nitrogen and oxygen atoms in total. The van der Waals surface area contributed by atoms with Crippen LogP contribution in [0.1, 0.15) is 349 Å². The van der Waals surface area contributed by atoms with E-state index in [-0.39, 0.29) is 25.7 Å². The Kier molecular flexibility index (Phi) is 60.2. The van der Waals surface area contributed by atoms with E-state index < -0.39 is 97.5 Å². The number of unbranched alkanes of at least 4 members (excludes halogenated alkanes) is 40. The Bertz CT molecular complexity index is 1690. The predicted octanol–water partition coefficient (Wildman–Crippen LogP) is 19.4. The smallest absolute Gasteiger partial charge is 0.462 e. The van der Waals surface area contributed by atoms with Crippen LogP contribution in [0.25, 0.3) is 0 Å². The Labute approximate surface area is 530 Å². The van der Waals surface area contributed by atoms with Crippen molar-refractivity contribution in [2.75, 3.05) is 39.6 Å². The van der Waals surface area contributed by atoms with Crippen molar-refractivity contribution in [2.45, 2.75) is 368 Å². The lowest BCUT2D eigenvalue weighted by Crippen LogP contribution is -2.30. The van der Waals surface area contributed by atoms with Crippen molar-refractivity contribution >= 4 is 39.5 Å². The van der Waals surface area contributed by atoms with Gasteiger partial charge in [0.25, 0.3) is 0 Å². The van der Waals surface area contributed by atoms with Gasteiger partial charge in [-0.15, -0.1) is 0 Å². The normalized spacial score (nSPS) is 14.1. The van der Waals surface area contributed by atoms with Crippen molar-refractivity contribution in [1.29, 1.82) is 0 Å². The highest BCUT2D eigenvalue weighted by atomic mass is 31.2. The number of hydrogen-bond donors (Lipinski definition) is 3. The minimum absolute atomic E-state index is 0.103. The summed E-state index contributed by atoms with van der Waals surface area (Å²) in [5.74, 6) is -1.44. The van der Waals surface area contributed by atoms with Gasteiger partial charge < -0.3 is 33.8 Å². The third-order valence-corrected chi connectivity index (χ3v) is 17.7. The molecular weight excluding hydrogens is 1150 g/mol. The Morgan fingerprint density at radius 1 is 0.310 bits per heavy atom. The zero-order valence-corrected chi connectivity index (χ0v) is 57.9. The molecule has 0 fully saturated rings. The van der Waals surface area contributed by atoms with E-state index in [4.69, 9.17) is 37.0 Å². The van der Waals surface area contributed by atoms with Gasteiger partial charge >= 0.3 is 39.5 Å². The zero-order valence-electron chi connectivity index (χ0n) is 56.2. The van der Waals surface area contributed by atoms with Gasteiger partial charge in [0, 0.05) is 25.7 Å². The second-order valence-electron chi connectivity index (χ2n) is 25.0. The first-order valence-corrected chi connectivity index (χ1v) is 38.6. The van der Waals surface area contributed by atoms with Gasteiger partial charge in [-0.1, -0.05) is 298 Å². The molecular formula is C68H132O17P2. The summed E-state index contributed by atoms with van der Waals surface area (Å²) in [7, 11) is -9.88. The fraction of sp³-hybridized carbons (Fsp3) is 0.941. The largest absolute Gasteiger partial charge is 0.472 e. The zero-order chi connectivity index (χ0) is 64.2. The molecule has 2 unspecified atom stereocenters. The maximum Gasteiger partial charge on any atom is 0.472 e. The number of aliphatic hydroxyl groups is 1. The first-order valence-electron chi connectivity index (χ1n) is 35.6. The number of esters is 4. The van der Waals surface area contributed by atoms with E-state index in [9.17, 15) is 43.2 Å². The van der Waals surface area contributed by atoms with E-state index in [1.54, 1.807) is 0 Å². The van der Waals surface area contributed by atoms with Crippen molar-refractivity contribution in [3.8, 4) is 0 Å². The molecule has 0 aliphatic carbocycles. The van der Waals surface area contributed by atoms with Crippen molar-refractivity contribution in [1.82, 2.24) is 0 Å². The average molecular weight is 1280 g/mol. The summed E-state index contributed by atoms with van der Waals surface area (Å²) in [5, 5.41) is 10.5. The number of aliphatic hydroxyl groups excluding tert-OH is 1. The minimum Gasteiger partial charge on any atom is -0.462 e. The first-order chi connectivity index (χ1) is 42.0. The lowest BCUT2D eigenvalue weighted by molar-refractivity contribution is -0.161. The summed E-state index contributed by atoms with van der Waals surface area (Å²) < 4.78 is 68.0. The number of carbonyl (C=O) groups is 4. The fourth-order valence-corrected chi connectivity index (χ4v) is 11.9. The molecule has 87 heavy (non-hydrogen) atoms. The Morgan fingerprint density at radius 2 is 0.529 bits per heavy atom. The maximum atomic E-state index is 13.0. The van der Waals surface area contributed by atoms with Crippen molar-refractivity contribution in [3.05, 3.63) is 0 Å². The molecule has 0 spiro atoms. The average Bonchev–Trinajstić information content (AvgIpc) is 3.69. The molecule has 0 rings (SSSR count). The van der Waals surface area contributed by atoms with Crippen LogP contribution in [-0.2, 0) is 65.4 Å². The second kappa shape index (κ2) is 61.6. The number of phosphoric ester groups is 2. The summed E-state index contributed by atoms with van der Waals surface area (Å²) in [6.45, 7) is 7.08. The van der Waals surface area contributed by atoms with E-state index in [0.29, 0.717) is 31.6 Å². The van der Waals surface area contributed by atoms with Crippen LogP contribution in [0.2, 0.25) is 0 Å². The minimum atomic E-state index is -4.95. The highest BCUT2D eigenvalue weighted by Crippen LogP contribution is 2.45. The van der Waals surface area contributed by atoms with Crippen LogP contribution in [-0.4, -0.2) is 96.7 Å². The van der Waals surface area contributed by atoms with Crippen molar-refractivity contribution in [3.63, 3.8) is 0 Å². The van der Waals surface area contributed by atoms with E-state index in [2.05, 4.69) is 34.6 Å². The van der Waals surface area contributed by atoms with E-state index in [0.717, 1.165) is 96.3 Å². The van der Waals surface area contributed by atoms with Gasteiger partial charge in [0.05, 0.1) is 26.4 Å². The molecule has 19 heteroatoms. The number of phosphoric acid groups is 2.